The Bertz CT molecular complexity index is 776. The lowest BCUT2D eigenvalue weighted by Gasteiger charge is -2.70. The second-order valence-electron chi connectivity index (χ2n) is 14.8. The Labute approximate surface area is 203 Å². The Morgan fingerprint density at radius 1 is 0.788 bits per heavy atom. The molecule has 0 amide bonds. The van der Waals surface area contributed by atoms with Crippen LogP contribution in [0.5, 0.6) is 0 Å². The van der Waals surface area contributed by atoms with Gasteiger partial charge in [-0.2, -0.15) is 0 Å². The van der Waals surface area contributed by atoms with Crippen LogP contribution in [0.2, 0.25) is 0 Å². The van der Waals surface area contributed by atoms with E-state index in [2.05, 4.69) is 34.6 Å². The second kappa shape index (κ2) is 7.81. The van der Waals surface area contributed by atoms with E-state index in [0.29, 0.717) is 40.9 Å². The first-order valence-electron chi connectivity index (χ1n) is 13.8. The first kappa shape index (κ1) is 25.7. The topological polar surface area (TPSA) is 60.7 Å². The van der Waals surface area contributed by atoms with Crippen LogP contribution in [0.25, 0.3) is 0 Å². The molecule has 0 saturated heterocycles. The van der Waals surface area contributed by atoms with Crippen molar-refractivity contribution in [1.82, 2.24) is 0 Å². The molecule has 0 aromatic heterocycles. The summed E-state index contributed by atoms with van der Waals surface area (Å²) in [5.74, 6) is 2.18. The van der Waals surface area contributed by atoms with Crippen molar-refractivity contribution in [2.75, 3.05) is 0 Å². The molecule has 3 N–H and O–H groups in total. The average molecular weight is 461 g/mol. The smallest absolute Gasteiger partial charge is 0.0771 e. The summed E-state index contributed by atoms with van der Waals surface area (Å²) in [6.45, 7) is 18.0. The highest BCUT2D eigenvalue weighted by Gasteiger charge is 2.69. The molecule has 190 valence electrons. The van der Waals surface area contributed by atoms with Gasteiger partial charge in [0.2, 0.25) is 0 Å². The van der Waals surface area contributed by atoms with Crippen molar-refractivity contribution in [1.29, 1.82) is 0 Å². The lowest BCUT2D eigenvalue weighted by molar-refractivity contribution is -0.224. The summed E-state index contributed by atoms with van der Waals surface area (Å²) in [5.41, 5.74) is -0.695. The highest BCUT2D eigenvalue weighted by Crippen LogP contribution is 2.75. The maximum absolute atomic E-state index is 11.6. The molecule has 0 bridgehead atoms. The van der Waals surface area contributed by atoms with E-state index in [9.17, 15) is 15.3 Å². The fraction of sp³-hybridized carbons (Fsp3) is 0.933. The quantitative estimate of drug-likeness (QED) is 0.420. The van der Waals surface area contributed by atoms with Crippen molar-refractivity contribution in [3.05, 3.63) is 12.2 Å². The molecule has 3 nitrogen and oxygen atoms in total. The van der Waals surface area contributed by atoms with Crippen molar-refractivity contribution < 1.29 is 15.3 Å². The van der Waals surface area contributed by atoms with Crippen LogP contribution in [-0.4, -0.2) is 32.6 Å². The van der Waals surface area contributed by atoms with Crippen molar-refractivity contribution in [2.24, 2.45) is 45.3 Å². The summed E-state index contributed by atoms with van der Waals surface area (Å²) in [7, 11) is 0. The van der Waals surface area contributed by atoms with E-state index in [1.807, 2.05) is 19.1 Å². The molecule has 4 saturated carbocycles. The Morgan fingerprint density at radius 3 is 2.06 bits per heavy atom. The van der Waals surface area contributed by atoms with Crippen molar-refractivity contribution in [2.45, 2.75) is 130 Å². The first-order chi connectivity index (χ1) is 15.0. The highest BCUT2D eigenvalue weighted by atomic mass is 16.3. The van der Waals surface area contributed by atoms with Gasteiger partial charge in [0.25, 0.3) is 0 Å². The molecule has 33 heavy (non-hydrogen) atoms. The summed E-state index contributed by atoms with van der Waals surface area (Å²) >= 11 is 0. The zero-order chi connectivity index (χ0) is 24.7. The molecule has 0 aromatic carbocycles. The van der Waals surface area contributed by atoms with Crippen LogP contribution < -0.4 is 0 Å². The maximum atomic E-state index is 11.6. The molecule has 4 aliphatic rings. The third-order valence-electron chi connectivity index (χ3n) is 12.2. The highest BCUT2D eigenvalue weighted by molar-refractivity contribution is 5.18. The van der Waals surface area contributed by atoms with Crippen molar-refractivity contribution in [3.8, 4) is 0 Å². The van der Waals surface area contributed by atoms with Gasteiger partial charge in [-0.1, -0.05) is 46.8 Å². The van der Waals surface area contributed by atoms with Crippen LogP contribution >= 0.6 is 0 Å². The number of hydrogen-bond donors (Lipinski definition) is 3. The Hall–Kier alpha value is -0.380. The van der Waals surface area contributed by atoms with E-state index in [1.54, 1.807) is 13.8 Å². The number of hydrogen-bond acceptors (Lipinski definition) is 3. The molecule has 3 heteroatoms. The third kappa shape index (κ3) is 3.78. The van der Waals surface area contributed by atoms with Gasteiger partial charge in [0.1, 0.15) is 0 Å². The van der Waals surface area contributed by atoms with E-state index < -0.39 is 11.2 Å². The van der Waals surface area contributed by atoms with Gasteiger partial charge in [0.15, 0.2) is 0 Å². The SMILES string of the molecule is CC(C)(O)/C=C/CC(C)(O)C1CC[C@]2(C)C1CCC1[C@@]3(C)CC[C@@H](O)C(C)(C)C3CC[C@]12C. The van der Waals surface area contributed by atoms with Crippen LogP contribution in [0.1, 0.15) is 113 Å². The second-order valence-corrected chi connectivity index (χ2v) is 14.8. The normalized spacial score (nSPS) is 49.2. The average Bonchev–Trinajstić information content (AvgIpc) is 3.03. The molecule has 4 fully saturated rings. The summed E-state index contributed by atoms with van der Waals surface area (Å²) in [6.07, 6.45) is 13.7. The minimum absolute atomic E-state index is 0.000777. The minimum atomic E-state index is -0.832. The van der Waals surface area contributed by atoms with Gasteiger partial charge in [0.05, 0.1) is 17.3 Å². The number of aliphatic hydroxyl groups excluding tert-OH is 1. The lowest BCUT2D eigenvalue weighted by atomic mass is 9.35. The largest absolute Gasteiger partial charge is 0.393 e. The van der Waals surface area contributed by atoms with E-state index >= 15 is 0 Å². The standard InChI is InChI=1S/C30H52O3/c1-25(2,32)15-9-16-30(8,33)21-12-18-28(6)20(21)10-11-23-27(5)17-14-24(31)26(3,4)22(27)13-19-29(23,28)7/h9,15,20-24,31-33H,10-14,16-19H2,1-8H3/b15-9+/t20?,21?,22?,23?,24-,27+,28-,29-,30?/m1/s1. The molecule has 0 radical (unpaired) electrons. The van der Waals surface area contributed by atoms with Crippen LogP contribution in [0.4, 0.5) is 0 Å². The monoisotopic (exact) mass is 460 g/mol. The number of aliphatic hydroxyl groups is 3. The molecule has 9 atom stereocenters. The molecule has 0 heterocycles. The molecule has 0 aromatic rings. The molecular formula is C30H52O3. The van der Waals surface area contributed by atoms with Crippen LogP contribution in [0, 0.1) is 45.3 Å². The van der Waals surface area contributed by atoms with E-state index in [0.717, 1.165) is 19.3 Å². The van der Waals surface area contributed by atoms with E-state index in [4.69, 9.17) is 0 Å². The fourth-order valence-corrected chi connectivity index (χ4v) is 10.2. The van der Waals surface area contributed by atoms with Gasteiger partial charge in [-0.05, 0) is 124 Å². The summed E-state index contributed by atoms with van der Waals surface area (Å²) in [6, 6.07) is 0. The van der Waals surface area contributed by atoms with Crippen molar-refractivity contribution in [3.63, 3.8) is 0 Å². The van der Waals surface area contributed by atoms with Gasteiger partial charge in [-0.25, -0.2) is 0 Å². The zero-order valence-corrected chi connectivity index (χ0v) is 22.7. The lowest BCUT2D eigenvalue weighted by Crippen LogP contribution is -2.64. The van der Waals surface area contributed by atoms with Gasteiger partial charge >= 0.3 is 0 Å². The fourth-order valence-electron chi connectivity index (χ4n) is 10.2. The predicted molar refractivity (Wildman–Crippen MR) is 136 cm³/mol. The Morgan fingerprint density at radius 2 is 1.42 bits per heavy atom. The molecule has 0 aliphatic heterocycles. The van der Waals surface area contributed by atoms with Gasteiger partial charge < -0.3 is 15.3 Å². The van der Waals surface area contributed by atoms with Crippen LogP contribution in [-0.2, 0) is 0 Å². The minimum Gasteiger partial charge on any atom is -0.393 e. The van der Waals surface area contributed by atoms with Gasteiger partial charge in [-0.15, -0.1) is 0 Å². The van der Waals surface area contributed by atoms with Gasteiger partial charge in [0, 0.05) is 0 Å². The van der Waals surface area contributed by atoms with E-state index in [-0.39, 0.29) is 16.9 Å². The zero-order valence-electron chi connectivity index (χ0n) is 22.7. The van der Waals surface area contributed by atoms with Crippen LogP contribution in [0.15, 0.2) is 12.2 Å². The molecular weight excluding hydrogens is 408 g/mol. The summed E-state index contributed by atoms with van der Waals surface area (Å²) in [4.78, 5) is 0. The number of rotatable bonds is 4. The number of fused-ring (bicyclic) bond motifs is 5. The maximum Gasteiger partial charge on any atom is 0.0771 e. The van der Waals surface area contributed by atoms with Gasteiger partial charge in [-0.3, -0.25) is 0 Å². The molecule has 4 rings (SSSR count). The first-order valence-corrected chi connectivity index (χ1v) is 13.8. The summed E-state index contributed by atoms with van der Waals surface area (Å²) in [5, 5.41) is 32.5. The molecule has 5 unspecified atom stereocenters. The Balaban J connectivity index is 1.61. The predicted octanol–water partition coefficient (Wildman–Crippen LogP) is 6.50. The van der Waals surface area contributed by atoms with E-state index in [1.165, 1.54) is 32.1 Å². The van der Waals surface area contributed by atoms with Crippen LogP contribution in [0.3, 0.4) is 0 Å². The van der Waals surface area contributed by atoms with Crippen molar-refractivity contribution >= 4 is 0 Å². The molecule has 0 spiro atoms. The third-order valence-corrected chi connectivity index (χ3v) is 12.2. The summed E-state index contributed by atoms with van der Waals surface area (Å²) < 4.78 is 0. The Kier molecular flexibility index (Phi) is 6.08. The molecule has 4 aliphatic carbocycles.